The number of benzene rings is 1. The topological polar surface area (TPSA) is 75.4 Å². The second kappa shape index (κ2) is 12.7. The number of likely N-dealkylation sites (tertiary alicyclic amines) is 1. The van der Waals surface area contributed by atoms with Crippen LogP contribution >= 0.6 is 12.4 Å². The highest BCUT2D eigenvalue weighted by Crippen LogP contribution is 2.19. The Labute approximate surface area is 169 Å². The first-order valence-electron chi connectivity index (χ1n) is 9.91. The molecular formula is C21H34ClN3O2. The van der Waals surface area contributed by atoms with Gasteiger partial charge in [0.15, 0.2) is 0 Å². The van der Waals surface area contributed by atoms with Gasteiger partial charge in [-0.2, -0.15) is 0 Å². The molecule has 2 rings (SSSR count). The third-order valence-electron chi connectivity index (χ3n) is 5.15. The van der Waals surface area contributed by atoms with Gasteiger partial charge in [-0.05, 0) is 44.7 Å². The summed E-state index contributed by atoms with van der Waals surface area (Å²) in [6.07, 6.45) is 6.30. The molecule has 1 fully saturated rings. The molecule has 1 saturated heterocycles. The zero-order valence-electron chi connectivity index (χ0n) is 16.4. The predicted octanol–water partition coefficient (Wildman–Crippen LogP) is 3.18. The number of carbonyl (C=O) groups excluding carboxylic acids is 2. The first kappa shape index (κ1) is 23.4. The van der Waals surface area contributed by atoms with Crippen LogP contribution in [0.3, 0.4) is 0 Å². The van der Waals surface area contributed by atoms with Gasteiger partial charge in [0.25, 0.3) is 0 Å². The highest BCUT2D eigenvalue weighted by atomic mass is 35.5. The molecule has 0 bridgehead atoms. The van der Waals surface area contributed by atoms with E-state index < -0.39 is 0 Å². The van der Waals surface area contributed by atoms with Gasteiger partial charge in [0, 0.05) is 32.0 Å². The number of carbonyl (C=O) groups is 2. The van der Waals surface area contributed by atoms with E-state index in [2.05, 4.69) is 24.4 Å². The second-order valence-corrected chi connectivity index (χ2v) is 7.31. The molecular weight excluding hydrogens is 362 g/mol. The number of rotatable bonds is 9. The molecule has 1 heterocycles. The average Bonchev–Trinajstić information content (AvgIpc) is 2.67. The fraction of sp³-hybridized carbons (Fsp3) is 0.619. The Bertz CT molecular complexity index is 569. The van der Waals surface area contributed by atoms with Crippen molar-refractivity contribution in [2.24, 2.45) is 11.7 Å². The van der Waals surface area contributed by atoms with Crippen molar-refractivity contribution in [2.75, 3.05) is 19.6 Å². The lowest BCUT2D eigenvalue weighted by Crippen LogP contribution is -2.42. The molecule has 2 amide bonds. The molecule has 27 heavy (non-hydrogen) atoms. The number of hydrogen-bond donors (Lipinski definition) is 2. The molecule has 0 unspecified atom stereocenters. The lowest BCUT2D eigenvalue weighted by molar-refractivity contribution is -0.135. The molecule has 0 aromatic heterocycles. The number of nitrogens with one attached hydrogen (secondary N) is 1. The highest BCUT2D eigenvalue weighted by Gasteiger charge is 2.26. The number of nitrogens with zero attached hydrogens (tertiary/aromatic N) is 1. The lowest BCUT2D eigenvalue weighted by Gasteiger charge is -2.31. The second-order valence-electron chi connectivity index (χ2n) is 7.31. The standard InChI is InChI=1S/C21H33N3O2.ClH/c1-17-7-9-18(10-8-17)16-23-21(26)19-11-14-24(15-12-19)20(25)6-4-2-3-5-13-22;/h7-10,19H,2-6,11-16,22H2,1H3,(H,23,26);1H. The molecule has 1 aromatic rings. The number of amides is 2. The van der Waals surface area contributed by atoms with Crippen LogP contribution in [-0.2, 0) is 16.1 Å². The Morgan fingerprint density at radius 3 is 2.33 bits per heavy atom. The van der Waals surface area contributed by atoms with E-state index in [0.717, 1.165) is 50.6 Å². The fourth-order valence-corrected chi connectivity index (χ4v) is 3.36. The van der Waals surface area contributed by atoms with Crippen molar-refractivity contribution in [3.05, 3.63) is 35.4 Å². The molecule has 0 aliphatic carbocycles. The van der Waals surface area contributed by atoms with Crippen LogP contribution in [0.4, 0.5) is 0 Å². The van der Waals surface area contributed by atoms with E-state index in [1.807, 2.05) is 17.0 Å². The summed E-state index contributed by atoms with van der Waals surface area (Å²) >= 11 is 0. The third-order valence-corrected chi connectivity index (χ3v) is 5.15. The molecule has 5 nitrogen and oxygen atoms in total. The van der Waals surface area contributed by atoms with E-state index in [4.69, 9.17) is 5.73 Å². The van der Waals surface area contributed by atoms with Gasteiger partial charge in [-0.25, -0.2) is 0 Å². The van der Waals surface area contributed by atoms with Crippen molar-refractivity contribution in [3.8, 4) is 0 Å². The number of unbranched alkanes of at least 4 members (excludes halogenated alkanes) is 3. The highest BCUT2D eigenvalue weighted by molar-refractivity contribution is 5.85. The smallest absolute Gasteiger partial charge is 0.223 e. The SMILES string of the molecule is Cc1ccc(CNC(=O)C2CCN(C(=O)CCCCCCN)CC2)cc1.Cl. The minimum atomic E-state index is 0. The first-order chi connectivity index (χ1) is 12.6. The van der Waals surface area contributed by atoms with Crippen LogP contribution in [0.25, 0.3) is 0 Å². The summed E-state index contributed by atoms with van der Waals surface area (Å²) in [7, 11) is 0. The molecule has 0 saturated carbocycles. The van der Waals surface area contributed by atoms with Crippen LogP contribution in [0.1, 0.15) is 56.1 Å². The zero-order valence-corrected chi connectivity index (χ0v) is 17.2. The van der Waals surface area contributed by atoms with Gasteiger partial charge in [-0.1, -0.05) is 42.7 Å². The van der Waals surface area contributed by atoms with Crippen molar-refractivity contribution in [2.45, 2.75) is 58.4 Å². The maximum atomic E-state index is 12.4. The minimum absolute atomic E-state index is 0. The monoisotopic (exact) mass is 395 g/mol. The largest absolute Gasteiger partial charge is 0.352 e. The van der Waals surface area contributed by atoms with E-state index in [-0.39, 0.29) is 30.1 Å². The minimum Gasteiger partial charge on any atom is -0.352 e. The first-order valence-corrected chi connectivity index (χ1v) is 9.91. The maximum absolute atomic E-state index is 12.4. The summed E-state index contributed by atoms with van der Waals surface area (Å²) in [5, 5.41) is 3.03. The quantitative estimate of drug-likeness (QED) is 0.630. The maximum Gasteiger partial charge on any atom is 0.223 e. The van der Waals surface area contributed by atoms with E-state index in [1.54, 1.807) is 0 Å². The summed E-state index contributed by atoms with van der Waals surface area (Å²) in [6, 6.07) is 8.21. The molecule has 1 aromatic carbocycles. The Balaban J connectivity index is 0.00000364. The molecule has 152 valence electrons. The molecule has 0 radical (unpaired) electrons. The zero-order chi connectivity index (χ0) is 18.8. The van der Waals surface area contributed by atoms with Crippen LogP contribution in [0, 0.1) is 12.8 Å². The fourth-order valence-electron chi connectivity index (χ4n) is 3.36. The summed E-state index contributed by atoms with van der Waals surface area (Å²) in [4.78, 5) is 26.5. The van der Waals surface area contributed by atoms with Gasteiger partial charge in [0.05, 0.1) is 0 Å². The number of hydrogen-bond acceptors (Lipinski definition) is 3. The van der Waals surface area contributed by atoms with E-state index in [0.29, 0.717) is 26.1 Å². The average molecular weight is 396 g/mol. The van der Waals surface area contributed by atoms with E-state index in [1.165, 1.54) is 5.56 Å². The van der Waals surface area contributed by atoms with Gasteiger partial charge in [0.1, 0.15) is 0 Å². The Morgan fingerprint density at radius 1 is 1.07 bits per heavy atom. The van der Waals surface area contributed by atoms with Crippen LogP contribution in [-0.4, -0.2) is 36.3 Å². The third kappa shape index (κ3) is 8.31. The van der Waals surface area contributed by atoms with Crippen molar-refractivity contribution in [1.29, 1.82) is 0 Å². The van der Waals surface area contributed by atoms with Gasteiger partial charge in [-0.3, -0.25) is 9.59 Å². The van der Waals surface area contributed by atoms with E-state index >= 15 is 0 Å². The van der Waals surface area contributed by atoms with E-state index in [9.17, 15) is 9.59 Å². The van der Waals surface area contributed by atoms with Crippen LogP contribution in [0.5, 0.6) is 0 Å². The van der Waals surface area contributed by atoms with Gasteiger partial charge < -0.3 is 16.0 Å². The lowest BCUT2D eigenvalue weighted by atomic mass is 9.95. The summed E-state index contributed by atoms with van der Waals surface area (Å²) in [5.41, 5.74) is 7.81. The molecule has 1 aliphatic heterocycles. The summed E-state index contributed by atoms with van der Waals surface area (Å²) in [5.74, 6) is 0.366. The molecule has 6 heteroatoms. The Kier molecular flexibility index (Phi) is 11.1. The van der Waals surface area contributed by atoms with Crippen LogP contribution < -0.4 is 11.1 Å². The molecule has 3 N–H and O–H groups in total. The normalized spacial score (nSPS) is 14.5. The molecule has 0 atom stereocenters. The van der Waals surface area contributed by atoms with Crippen molar-refractivity contribution < 1.29 is 9.59 Å². The summed E-state index contributed by atoms with van der Waals surface area (Å²) < 4.78 is 0. The Hall–Kier alpha value is -1.59. The molecule has 0 spiro atoms. The van der Waals surface area contributed by atoms with Crippen molar-refractivity contribution >= 4 is 24.2 Å². The van der Waals surface area contributed by atoms with Crippen molar-refractivity contribution in [1.82, 2.24) is 10.2 Å². The Morgan fingerprint density at radius 2 is 1.70 bits per heavy atom. The summed E-state index contributed by atoms with van der Waals surface area (Å²) in [6.45, 7) is 4.75. The number of piperidine rings is 1. The number of aryl methyl sites for hydroxylation is 1. The number of halogens is 1. The predicted molar refractivity (Wildman–Crippen MR) is 112 cm³/mol. The molecule has 1 aliphatic rings. The number of nitrogens with two attached hydrogens (primary N) is 1. The van der Waals surface area contributed by atoms with Crippen LogP contribution in [0.15, 0.2) is 24.3 Å². The van der Waals surface area contributed by atoms with Crippen molar-refractivity contribution in [3.63, 3.8) is 0 Å². The van der Waals surface area contributed by atoms with Crippen LogP contribution in [0.2, 0.25) is 0 Å². The van der Waals surface area contributed by atoms with Gasteiger partial charge >= 0.3 is 0 Å². The van der Waals surface area contributed by atoms with Gasteiger partial charge in [0.2, 0.25) is 11.8 Å². The van der Waals surface area contributed by atoms with Gasteiger partial charge in [-0.15, -0.1) is 12.4 Å².